The van der Waals surface area contributed by atoms with E-state index in [9.17, 15) is 4.79 Å². The Balaban J connectivity index is 1.79. The van der Waals surface area contributed by atoms with E-state index in [2.05, 4.69) is 36.3 Å². The number of aromatic amines is 1. The number of aromatic nitrogens is 2. The normalized spacial score (nSPS) is 35.5. The second-order valence-corrected chi connectivity index (χ2v) is 6.84. The molecule has 5 nitrogen and oxygen atoms in total. The average Bonchev–Trinajstić information content (AvgIpc) is 2.90. The van der Waals surface area contributed by atoms with Gasteiger partial charge < -0.3 is 11.1 Å². The van der Waals surface area contributed by atoms with Crippen LogP contribution in [-0.2, 0) is 0 Å². The highest BCUT2D eigenvalue weighted by molar-refractivity contribution is 5.97. The van der Waals surface area contributed by atoms with E-state index in [1.165, 1.54) is 19.0 Å². The molecule has 0 radical (unpaired) electrons. The molecule has 1 aromatic rings. The van der Waals surface area contributed by atoms with Gasteiger partial charge in [0.05, 0.1) is 11.9 Å². The molecule has 2 aliphatic carbocycles. The van der Waals surface area contributed by atoms with Crippen molar-refractivity contribution in [3.8, 4) is 0 Å². The molecule has 0 aromatic carbocycles. The number of rotatable bonds is 2. The van der Waals surface area contributed by atoms with Crippen molar-refractivity contribution in [2.24, 2.45) is 16.7 Å². The zero-order chi connectivity index (χ0) is 13.8. The van der Waals surface area contributed by atoms with E-state index in [1.807, 2.05) is 0 Å². The number of hydrogen-bond acceptors (Lipinski definition) is 3. The van der Waals surface area contributed by atoms with E-state index in [0.717, 1.165) is 6.42 Å². The minimum atomic E-state index is -0.135. The number of nitrogens with two attached hydrogens (primary N) is 1. The van der Waals surface area contributed by atoms with Crippen LogP contribution in [-0.4, -0.2) is 22.1 Å². The molecule has 0 aliphatic heterocycles. The molecule has 2 saturated carbocycles. The minimum Gasteiger partial charge on any atom is -0.396 e. The summed E-state index contributed by atoms with van der Waals surface area (Å²) in [5, 5.41) is 9.63. The lowest BCUT2D eigenvalue weighted by atomic mass is 9.69. The second-order valence-electron chi connectivity index (χ2n) is 6.84. The topological polar surface area (TPSA) is 83.8 Å². The van der Waals surface area contributed by atoms with Crippen molar-refractivity contribution in [3.63, 3.8) is 0 Å². The van der Waals surface area contributed by atoms with E-state index in [1.54, 1.807) is 0 Å². The summed E-state index contributed by atoms with van der Waals surface area (Å²) in [4.78, 5) is 12.2. The fraction of sp³-hybridized carbons (Fsp3) is 0.714. The minimum absolute atomic E-state index is 0.135. The van der Waals surface area contributed by atoms with Crippen LogP contribution in [0.4, 0.5) is 5.69 Å². The maximum absolute atomic E-state index is 12.2. The van der Waals surface area contributed by atoms with Crippen LogP contribution in [0.2, 0.25) is 0 Å². The molecule has 2 bridgehead atoms. The van der Waals surface area contributed by atoms with E-state index in [4.69, 9.17) is 5.73 Å². The molecule has 1 heterocycles. The molecule has 3 atom stereocenters. The first-order chi connectivity index (χ1) is 8.86. The Morgan fingerprint density at radius 1 is 1.53 bits per heavy atom. The Morgan fingerprint density at radius 3 is 2.74 bits per heavy atom. The third kappa shape index (κ3) is 1.53. The number of nitrogens with zero attached hydrogens (tertiary/aromatic N) is 1. The lowest BCUT2D eigenvalue weighted by Crippen LogP contribution is -2.47. The van der Waals surface area contributed by atoms with Crippen molar-refractivity contribution < 1.29 is 4.79 Å². The molecule has 1 aromatic heterocycles. The number of amides is 1. The molecule has 3 rings (SSSR count). The van der Waals surface area contributed by atoms with Crippen LogP contribution in [0, 0.1) is 16.7 Å². The lowest BCUT2D eigenvalue weighted by molar-refractivity contribution is 0.0822. The number of fused-ring (bicyclic) bond motifs is 2. The van der Waals surface area contributed by atoms with E-state index in [-0.39, 0.29) is 17.4 Å². The van der Waals surface area contributed by atoms with Gasteiger partial charge in [-0.3, -0.25) is 9.89 Å². The standard InChI is InChI=1S/C14H22N4O/c1-13(2)8-4-5-14(13,3)10(6-8)17-12(19)11-9(15)7-16-18-11/h7-8,10H,4-6,15H2,1-3H3,(H,16,18)(H,17,19). The molecular weight excluding hydrogens is 240 g/mol. The second kappa shape index (κ2) is 3.74. The Bertz CT molecular complexity index is 521. The molecule has 0 spiro atoms. The van der Waals surface area contributed by atoms with Crippen LogP contribution in [0.1, 0.15) is 50.5 Å². The van der Waals surface area contributed by atoms with Gasteiger partial charge in [-0.05, 0) is 36.0 Å². The smallest absolute Gasteiger partial charge is 0.271 e. The number of nitrogen functional groups attached to an aromatic ring is 1. The number of anilines is 1. The quantitative estimate of drug-likeness (QED) is 0.761. The molecular formula is C14H22N4O. The highest BCUT2D eigenvalue weighted by Gasteiger charge is 2.61. The molecule has 1 amide bonds. The monoisotopic (exact) mass is 262 g/mol. The van der Waals surface area contributed by atoms with E-state index in [0.29, 0.717) is 22.7 Å². The first kappa shape index (κ1) is 12.5. The largest absolute Gasteiger partial charge is 0.396 e. The zero-order valence-corrected chi connectivity index (χ0v) is 11.8. The van der Waals surface area contributed by atoms with Gasteiger partial charge in [0, 0.05) is 6.04 Å². The van der Waals surface area contributed by atoms with Gasteiger partial charge in [0.25, 0.3) is 5.91 Å². The van der Waals surface area contributed by atoms with Gasteiger partial charge in [-0.25, -0.2) is 0 Å². The fourth-order valence-electron chi connectivity index (χ4n) is 4.13. The van der Waals surface area contributed by atoms with Crippen LogP contribution in [0.5, 0.6) is 0 Å². The van der Waals surface area contributed by atoms with Crippen molar-refractivity contribution in [1.82, 2.24) is 15.5 Å². The number of H-pyrrole nitrogens is 1. The maximum atomic E-state index is 12.2. The summed E-state index contributed by atoms with van der Waals surface area (Å²) < 4.78 is 0. The lowest BCUT2D eigenvalue weighted by Gasteiger charge is -2.39. The van der Waals surface area contributed by atoms with Gasteiger partial charge in [-0.2, -0.15) is 5.10 Å². The van der Waals surface area contributed by atoms with Crippen molar-refractivity contribution in [2.75, 3.05) is 5.73 Å². The van der Waals surface area contributed by atoms with Gasteiger partial charge in [-0.1, -0.05) is 20.8 Å². The zero-order valence-electron chi connectivity index (χ0n) is 11.8. The summed E-state index contributed by atoms with van der Waals surface area (Å²) >= 11 is 0. The first-order valence-electron chi connectivity index (χ1n) is 6.96. The van der Waals surface area contributed by atoms with Crippen molar-refractivity contribution in [3.05, 3.63) is 11.9 Å². The molecule has 5 heteroatoms. The van der Waals surface area contributed by atoms with Crippen LogP contribution >= 0.6 is 0 Å². The number of nitrogens with one attached hydrogen (secondary N) is 2. The van der Waals surface area contributed by atoms with E-state index < -0.39 is 0 Å². The summed E-state index contributed by atoms with van der Waals surface area (Å²) in [5.41, 5.74) is 6.99. The molecule has 0 saturated heterocycles. The van der Waals surface area contributed by atoms with Gasteiger partial charge in [-0.15, -0.1) is 0 Å². The molecule has 104 valence electrons. The summed E-state index contributed by atoms with van der Waals surface area (Å²) in [6.45, 7) is 6.98. The Hall–Kier alpha value is -1.52. The molecule has 4 N–H and O–H groups in total. The van der Waals surface area contributed by atoms with Gasteiger partial charge in [0.15, 0.2) is 0 Å². The average molecular weight is 262 g/mol. The third-order valence-electron chi connectivity index (χ3n) is 6.00. The Labute approximate surface area is 113 Å². The van der Waals surface area contributed by atoms with Gasteiger partial charge in [0.1, 0.15) is 5.69 Å². The number of carbonyl (C=O) groups is 1. The number of hydrogen-bond donors (Lipinski definition) is 3. The predicted octanol–water partition coefficient (Wildman–Crippen LogP) is 1.94. The molecule has 2 fully saturated rings. The van der Waals surface area contributed by atoms with Crippen LogP contribution in [0.25, 0.3) is 0 Å². The molecule has 19 heavy (non-hydrogen) atoms. The van der Waals surface area contributed by atoms with Crippen LogP contribution in [0.3, 0.4) is 0 Å². The Kier molecular flexibility index (Phi) is 2.46. The van der Waals surface area contributed by atoms with Crippen molar-refractivity contribution >= 4 is 11.6 Å². The highest BCUT2D eigenvalue weighted by Crippen LogP contribution is 2.65. The summed E-state index contributed by atoms with van der Waals surface area (Å²) in [7, 11) is 0. The summed E-state index contributed by atoms with van der Waals surface area (Å²) in [6, 6.07) is 0.233. The van der Waals surface area contributed by atoms with Crippen molar-refractivity contribution in [1.29, 1.82) is 0 Å². The Morgan fingerprint density at radius 2 is 2.26 bits per heavy atom. The van der Waals surface area contributed by atoms with Gasteiger partial charge in [0.2, 0.25) is 0 Å². The van der Waals surface area contributed by atoms with Crippen LogP contribution in [0.15, 0.2) is 6.20 Å². The predicted molar refractivity (Wildman–Crippen MR) is 73.5 cm³/mol. The SMILES string of the molecule is CC1(C)C2CCC1(C)C(NC(=O)c1[nH]ncc1N)C2. The summed E-state index contributed by atoms with van der Waals surface area (Å²) in [6.07, 6.45) is 5.01. The van der Waals surface area contributed by atoms with E-state index >= 15 is 0 Å². The third-order valence-corrected chi connectivity index (χ3v) is 6.00. The molecule has 2 aliphatic rings. The maximum Gasteiger partial charge on any atom is 0.271 e. The highest BCUT2D eigenvalue weighted by atomic mass is 16.2. The first-order valence-corrected chi connectivity index (χ1v) is 6.96. The van der Waals surface area contributed by atoms with Gasteiger partial charge >= 0.3 is 0 Å². The van der Waals surface area contributed by atoms with Crippen molar-refractivity contribution in [2.45, 2.75) is 46.1 Å². The van der Waals surface area contributed by atoms with Crippen LogP contribution < -0.4 is 11.1 Å². The number of carbonyl (C=O) groups excluding carboxylic acids is 1. The summed E-state index contributed by atoms with van der Waals surface area (Å²) in [5.74, 6) is 0.575. The fourth-order valence-corrected chi connectivity index (χ4v) is 4.13. The molecule has 3 unspecified atom stereocenters.